The Morgan fingerprint density at radius 2 is 2.14 bits per heavy atom. The van der Waals surface area contributed by atoms with Gasteiger partial charge in [0.1, 0.15) is 0 Å². The van der Waals surface area contributed by atoms with Gasteiger partial charge >= 0.3 is 5.97 Å². The van der Waals surface area contributed by atoms with E-state index in [4.69, 9.17) is 0 Å². The Balaban J connectivity index is 3.83. The summed E-state index contributed by atoms with van der Waals surface area (Å²) in [4.78, 5) is 13.2. The summed E-state index contributed by atoms with van der Waals surface area (Å²) in [5.41, 5.74) is 0. The number of hydrogen-bond acceptors (Lipinski definition) is 4. The van der Waals surface area contributed by atoms with Gasteiger partial charge in [-0.3, -0.25) is 9.69 Å². The van der Waals surface area contributed by atoms with Crippen LogP contribution in [-0.2, 0) is 9.53 Å². The molecule has 4 heteroatoms. The van der Waals surface area contributed by atoms with Crippen molar-refractivity contribution in [3.8, 4) is 0 Å². The van der Waals surface area contributed by atoms with Crippen LogP contribution in [0.25, 0.3) is 0 Å². The Labute approximate surface area is 91.2 Å². The molecular weight excluding hydrogens is 198 g/mol. The molecule has 0 rings (SSSR count). The minimum atomic E-state index is -0.150. The highest BCUT2D eigenvalue weighted by molar-refractivity contribution is 7.98. The molecule has 14 heavy (non-hydrogen) atoms. The summed E-state index contributed by atoms with van der Waals surface area (Å²) in [5.74, 6) is 0.993. The maximum absolute atomic E-state index is 11.1. The van der Waals surface area contributed by atoms with Gasteiger partial charge in [0.25, 0.3) is 0 Å². The maximum Gasteiger partial charge on any atom is 0.319 e. The largest absolute Gasteiger partial charge is 0.468 e. The SMILES string of the molecule is COC(=O)CN(CCCSC)C(C)C. The van der Waals surface area contributed by atoms with Crippen molar-refractivity contribution in [3.63, 3.8) is 0 Å². The predicted octanol–water partition coefficient (Wildman–Crippen LogP) is 1.62. The van der Waals surface area contributed by atoms with Crippen molar-refractivity contribution in [1.29, 1.82) is 0 Å². The van der Waals surface area contributed by atoms with E-state index in [0.717, 1.165) is 18.7 Å². The Morgan fingerprint density at radius 1 is 1.50 bits per heavy atom. The fraction of sp³-hybridized carbons (Fsp3) is 0.900. The van der Waals surface area contributed by atoms with E-state index in [1.807, 2.05) is 11.8 Å². The monoisotopic (exact) mass is 219 g/mol. The lowest BCUT2D eigenvalue weighted by atomic mass is 10.3. The van der Waals surface area contributed by atoms with E-state index in [1.54, 1.807) is 0 Å². The fourth-order valence-corrected chi connectivity index (χ4v) is 1.58. The number of rotatable bonds is 7. The van der Waals surface area contributed by atoms with Crippen molar-refractivity contribution in [3.05, 3.63) is 0 Å². The van der Waals surface area contributed by atoms with Gasteiger partial charge < -0.3 is 4.74 Å². The molecule has 0 N–H and O–H groups in total. The Hall–Kier alpha value is -0.220. The average Bonchev–Trinajstić information content (AvgIpc) is 2.16. The first-order valence-corrected chi connectivity index (χ1v) is 6.31. The van der Waals surface area contributed by atoms with Crippen LogP contribution in [0.2, 0.25) is 0 Å². The number of thioether (sulfide) groups is 1. The zero-order chi connectivity index (χ0) is 11.0. The van der Waals surface area contributed by atoms with E-state index in [0.29, 0.717) is 12.6 Å². The molecule has 0 aromatic rings. The summed E-state index contributed by atoms with van der Waals surface area (Å²) in [6.45, 7) is 5.57. The van der Waals surface area contributed by atoms with E-state index in [9.17, 15) is 4.79 Å². The zero-order valence-corrected chi connectivity index (χ0v) is 10.4. The smallest absolute Gasteiger partial charge is 0.319 e. The second-order valence-electron chi connectivity index (χ2n) is 3.49. The summed E-state index contributed by atoms with van der Waals surface area (Å²) in [7, 11) is 1.43. The van der Waals surface area contributed by atoms with Gasteiger partial charge in [-0.05, 0) is 38.8 Å². The molecule has 0 saturated heterocycles. The summed E-state index contributed by atoms with van der Waals surface area (Å²) in [5, 5.41) is 0. The van der Waals surface area contributed by atoms with Crippen molar-refractivity contribution < 1.29 is 9.53 Å². The van der Waals surface area contributed by atoms with Crippen LogP contribution in [0, 0.1) is 0 Å². The lowest BCUT2D eigenvalue weighted by Gasteiger charge is -2.24. The number of hydrogen-bond donors (Lipinski definition) is 0. The van der Waals surface area contributed by atoms with Gasteiger partial charge in [0, 0.05) is 6.04 Å². The van der Waals surface area contributed by atoms with Crippen molar-refractivity contribution >= 4 is 17.7 Å². The van der Waals surface area contributed by atoms with Gasteiger partial charge in [-0.1, -0.05) is 0 Å². The van der Waals surface area contributed by atoms with Gasteiger partial charge in [0.15, 0.2) is 0 Å². The third-order valence-corrected chi connectivity index (χ3v) is 2.78. The van der Waals surface area contributed by atoms with Gasteiger partial charge in [0.05, 0.1) is 13.7 Å². The molecule has 0 fully saturated rings. The van der Waals surface area contributed by atoms with Gasteiger partial charge in [-0.2, -0.15) is 11.8 Å². The first kappa shape index (κ1) is 13.8. The highest BCUT2D eigenvalue weighted by Gasteiger charge is 2.13. The molecule has 0 aromatic heterocycles. The van der Waals surface area contributed by atoms with E-state index in [1.165, 1.54) is 7.11 Å². The number of ether oxygens (including phenoxy) is 1. The summed E-state index contributed by atoms with van der Waals surface area (Å²) < 4.78 is 4.65. The minimum Gasteiger partial charge on any atom is -0.468 e. The molecule has 0 spiro atoms. The molecule has 0 aliphatic carbocycles. The molecule has 0 aromatic carbocycles. The van der Waals surface area contributed by atoms with Gasteiger partial charge in [-0.15, -0.1) is 0 Å². The first-order chi connectivity index (χ1) is 6.61. The van der Waals surface area contributed by atoms with Crippen molar-refractivity contribution in [2.75, 3.05) is 32.2 Å². The Kier molecular flexibility index (Phi) is 7.99. The van der Waals surface area contributed by atoms with Crippen LogP contribution in [0.15, 0.2) is 0 Å². The zero-order valence-electron chi connectivity index (χ0n) is 9.58. The lowest BCUT2D eigenvalue weighted by molar-refractivity contribution is -0.142. The average molecular weight is 219 g/mol. The second kappa shape index (κ2) is 8.12. The molecule has 0 bridgehead atoms. The molecule has 0 aliphatic rings. The van der Waals surface area contributed by atoms with Crippen LogP contribution in [0.5, 0.6) is 0 Å². The van der Waals surface area contributed by atoms with Gasteiger partial charge in [0.2, 0.25) is 0 Å². The topological polar surface area (TPSA) is 29.5 Å². The summed E-state index contributed by atoms with van der Waals surface area (Å²) in [6, 6.07) is 0.399. The number of methoxy groups -OCH3 is 1. The Bertz CT molecular complexity index is 162. The minimum absolute atomic E-state index is 0.150. The molecule has 0 heterocycles. The van der Waals surface area contributed by atoms with Crippen LogP contribution in [-0.4, -0.2) is 49.1 Å². The lowest BCUT2D eigenvalue weighted by Crippen LogP contribution is -2.37. The molecule has 3 nitrogen and oxygen atoms in total. The van der Waals surface area contributed by atoms with Crippen LogP contribution >= 0.6 is 11.8 Å². The molecule has 0 saturated carbocycles. The molecule has 0 atom stereocenters. The maximum atomic E-state index is 11.1. The highest BCUT2D eigenvalue weighted by Crippen LogP contribution is 2.03. The molecule has 84 valence electrons. The predicted molar refractivity (Wildman–Crippen MR) is 61.7 cm³/mol. The normalized spacial score (nSPS) is 11.0. The fourth-order valence-electron chi connectivity index (χ4n) is 1.16. The highest BCUT2D eigenvalue weighted by atomic mass is 32.2. The second-order valence-corrected chi connectivity index (χ2v) is 4.47. The van der Waals surface area contributed by atoms with E-state index >= 15 is 0 Å². The van der Waals surface area contributed by atoms with Crippen molar-refractivity contribution in [1.82, 2.24) is 4.90 Å². The van der Waals surface area contributed by atoms with Crippen LogP contribution in [0.1, 0.15) is 20.3 Å². The summed E-state index contributed by atoms with van der Waals surface area (Å²) in [6.07, 6.45) is 3.22. The molecule has 0 aliphatic heterocycles. The van der Waals surface area contributed by atoms with Crippen LogP contribution in [0.3, 0.4) is 0 Å². The molecule has 0 amide bonds. The molecule has 0 radical (unpaired) electrons. The van der Waals surface area contributed by atoms with E-state index < -0.39 is 0 Å². The quantitative estimate of drug-likeness (QED) is 0.481. The van der Waals surface area contributed by atoms with Crippen LogP contribution < -0.4 is 0 Å². The third-order valence-electron chi connectivity index (χ3n) is 2.08. The number of carbonyl (C=O) groups excluding carboxylic acids is 1. The van der Waals surface area contributed by atoms with E-state index in [2.05, 4.69) is 29.7 Å². The van der Waals surface area contributed by atoms with Crippen molar-refractivity contribution in [2.45, 2.75) is 26.3 Å². The number of nitrogens with zero attached hydrogens (tertiary/aromatic N) is 1. The standard InChI is InChI=1S/C10H21NO2S/c1-9(2)11(6-5-7-14-4)8-10(12)13-3/h9H,5-8H2,1-4H3. The van der Waals surface area contributed by atoms with Crippen molar-refractivity contribution in [2.24, 2.45) is 0 Å². The van der Waals surface area contributed by atoms with E-state index in [-0.39, 0.29) is 5.97 Å². The number of carbonyl (C=O) groups is 1. The van der Waals surface area contributed by atoms with Gasteiger partial charge in [-0.25, -0.2) is 0 Å². The van der Waals surface area contributed by atoms with Crippen LogP contribution in [0.4, 0.5) is 0 Å². The Morgan fingerprint density at radius 3 is 2.57 bits per heavy atom. The third kappa shape index (κ3) is 6.27. The first-order valence-electron chi connectivity index (χ1n) is 4.91. The number of esters is 1. The summed E-state index contributed by atoms with van der Waals surface area (Å²) >= 11 is 1.84. The molecular formula is C10H21NO2S. The molecule has 0 unspecified atom stereocenters.